The van der Waals surface area contributed by atoms with E-state index in [1.54, 1.807) is 11.0 Å². The number of rotatable bonds is 2. The molecular formula is C21H28NO4+. The number of aliphatic hydroxyl groups is 2. The van der Waals surface area contributed by atoms with Crippen LogP contribution < -0.4 is 9.64 Å². The number of likely N-dealkylation sites (tertiary alicyclic amines) is 1. The van der Waals surface area contributed by atoms with Crippen LogP contribution in [0.15, 0.2) is 12.1 Å². The molecule has 5 heteroatoms. The molecule has 1 saturated heterocycles. The monoisotopic (exact) mass is 358 g/mol. The van der Waals surface area contributed by atoms with Crippen LogP contribution in [0, 0.1) is 5.92 Å². The number of quaternary nitrogens is 1. The van der Waals surface area contributed by atoms with E-state index in [9.17, 15) is 15.3 Å². The molecule has 0 aromatic heterocycles. The molecule has 140 valence electrons. The predicted molar refractivity (Wildman–Crippen MR) is 94.5 cm³/mol. The van der Waals surface area contributed by atoms with Crippen molar-refractivity contribution in [3.05, 3.63) is 23.3 Å². The molecule has 5 aliphatic rings. The molecule has 2 aliphatic heterocycles. The summed E-state index contributed by atoms with van der Waals surface area (Å²) in [5, 5.41) is 33.2. The Labute approximate surface area is 153 Å². The van der Waals surface area contributed by atoms with Crippen molar-refractivity contribution in [2.45, 2.75) is 74.2 Å². The molecule has 26 heavy (non-hydrogen) atoms. The van der Waals surface area contributed by atoms with Crippen molar-refractivity contribution in [1.29, 1.82) is 0 Å². The Balaban J connectivity index is 1.52. The summed E-state index contributed by atoms with van der Waals surface area (Å²) in [4.78, 5) is 1.55. The van der Waals surface area contributed by atoms with Gasteiger partial charge in [0.05, 0.1) is 24.6 Å². The molecule has 2 heterocycles. The van der Waals surface area contributed by atoms with Gasteiger partial charge in [0.25, 0.3) is 0 Å². The summed E-state index contributed by atoms with van der Waals surface area (Å²) in [7, 11) is 0. The minimum Gasteiger partial charge on any atom is -0.504 e. The number of benzene rings is 1. The standard InChI is InChI=1S/C21H27NO4/c23-14-5-4-13-10-16-21(25)7-6-15(24)19-20(21,17(13)18(14)26-19)8-9-22(16)11-12-2-1-3-12/h4-5,12,15-16,19,23-25H,1-3,6-11H2/p+1/t15-,16+,19-,20-,21+/m1/s1. The summed E-state index contributed by atoms with van der Waals surface area (Å²) < 4.78 is 6.17. The van der Waals surface area contributed by atoms with Gasteiger partial charge in [-0.15, -0.1) is 0 Å². The first-order valence-electron chi connectivity index (χ1n) is 10.3. The third-order valence-electron chi connectivity index (χ3n) is 8.45. The molecule has 0 radical (unpaired) electrons. The summed E-state index contributed by atoms with van der Waals surface area (Å²) in [6.07, 6.45) is 5.87. The number of phenols is 1. The van der Waals surface area contributed by atoms with Crippen molar-refractivity contribution >= 4 is 0 Å². The van der Waals surface area contributed by atoms with Crippen LogP contribution in [0.5, 0.6) is 11.5 Å². The lowest BCUT2D eigenvalue weighted by atomic mass is 9.48. The highest BCUT2D eigenvalue weighted by molar-refractivity contribution is 5.62. The largest absolute Gasteiger partial charge is 0.504 e. The van der Waals surface area contributed by atoms with E-state index >= 15 is 0 Å². The van der Waals surface area contributed by atoms with E-state index in [4.69, 9.17) is 4.74 Å². The highest BCUT2D eigenvalue weighted by Crippen LogP contribution is 2.63. The van der Waals surface area contributed by atoms with Gasteiger partial charge in [0, 0.05) is 24.3 Å². The maximum Gasteiger partial charge on any atom is 0.165 e. The fourth-order valence-corrected chi connectivity index (χ4v) is 7.06. The molecule has 1 aromatic rings. The zero-order chi connectivity index (χ0) is 17.7. The van der Waals surface area contributed by atoms with Gasteiger partial charge in [-0.3, -0.25) is 0 Å². The number of piperidine rings is 1. The van der Waals surface area contributed by atoms with Crippen molar-refractivity contribution in [3.63, 3.8) is 0 Å². The lowest BCUT2D eigenvalue weighted by Gasteiger charge is -2.61. The highest BCUT2D eigenvalue weighted by Gasteiger charge is 2.74. The van der Waals surface area contributed by atoms with Gasteiger partial charge >= 0.3 is 0 Å². The van der Waals surface area contributed by atoms with Crippen LogP contribution in [0.1, 0.15) is 49.7 Å². The normalized spacial score (nSPS) is 45.6. The number of nitrogens with one attached hydrogen (secondary N) is 1. The van der Waals surface area contributed by atoms with Crippen LogP contribution in [0.25, 0.3) is 0 Å². The third-order valence-corrected chi connectivity index (χ3v) is 8.45. The molecule has 3 aliphatic carbocycles. The van der Waals surface area contributed by atoms with Gasteiger partial charge in [0.2, 0.25) is 0 Å². The topological polar surface area (TPSA) is 74.4 Å². The molecule has 4 N–H and O–H groups in total. The Kier molecular flexibility index (Phi) is 2.99. The lowest BCUT2D eigenvalue weighted by molar-refractivity contribution is -0.946. The zero-order valence-corrected chi connectivity index (χ0v) is 15.1. The average molecular weight is 358 g/mol. The smallest absolute Gasteiger partial charge is 0.165 e. The first-order chi connectivity index (χ1) is 12.5. The minimum atomic E-state index is -0.847. The van der Waals surface area contributed by atoms with Crippen LogP contribution in [0.3, 0.4) is 0 Å². The number of aromatic hydroxyl groups is 1. The minimum absolute atomic E-state index is 0.143. The third kappa shape index (κ3) is 1.64. The summed E-state index contributed by atoms with van der Waals surface area (Å²) in [6.45, 7) is 2.18. The maximum atomic E-state index is 12.1. The highest BCUT2D eigenvalue weighted by atomic mass is 16.5. The second-order valence-electron chi connectivity index (χ2n) is 9.40. The van der Waals surface area contributed by atoms with E-state index in [0.717, 1.165) is 37.4 Å². The van der Waals surface area contributed by atoms with Crippen molar-refractivity contribution in [2.24, 2.45) is 5.92 Å². The SMILES string of the molecule is Oc1ccc2c3c1O[C@@H]1[C@H](O)CC[C@]4(O)[C@H](C2)[NH+](CC2CCC2)CC[C@@]314. The molecule has 6 atom stereocenters. The van der Waals surface area contributed by atoms with E-state index < -0.39 is 23.2 Å². The maximum absolute atomic E-state index is 12.1. The predicted octanol–water partition coefficient (Wildman–Crippen LogP) is 0.290. The van der Waals surface area contributed by atoms with Crippen molar-refractivity contribution in [1.82, 2.24) is 0 Å². The van der Waals surface area contributed by atoms with Gasteiger partial charge < -0.3 is 25.0 Å². The van der Waals surface area contributed by atoms with Crippen molar-refractivity contribution < 1.29 is 25.0 Å². The van der Waals surface area contributed by atoms with Crippen LogP contribution in [0.4, 0.5) is 0 Å². The Morgan fingerprint density at radius 1 is 1.19 bits per heavy atom. The van der Waals surface area contributed by atoms with Crippen molar-refractivity contribution in [2.75, 3.05) is 13.1 Å². The average Bonchev–Trinajstić information content (AvgIpc) is 2.93. The second kappa shape index (κ2) is 4.94. The summed E-state index contributed by atoms with van der Waals surface area (Å²) in [5.41, 5.74) is 0.804. The molecular weight excluding hydrogens is 330 g/mol. The Bertz CT molecular complexity index is 778. The number of phenolic OH excluding ortho intramolecular Hbond substituents is 1. The van der Waals surface area contributed by atoms with Crippen LogP contribution in [-0.2, 0) is 11.8 Å². The van der Waals surface area contributed by atoms with Gasteiger partial charge in [-0.1, -0.05) is 12.5 Å². The van der Waals surface area contributed by atoms with Crippen LogP contribution >= 0.6 is 0 Å². The molecule has 2 bridgehead atoms. The van der Waals surface area contributed by atoms with E-state index in [1.165, 1.54) is 24.8 Å². The number of hydrogen-bond donors (Lipinski definition) is 4. The van der Waals surface area contributed by atoms with E-state index in [-0.39, 0.29) is 11.8 Å². The second-order valence-corrected chi connectivity index (χ2v) is 9.40. The number of ether oxygens (including phenoxy) is 1. The lowest BCUT2D eigenvalue weighted by Crippen LogP contribution is -3.22. The van der Waals surface area contributed by atoms with Gasteiger partial charge in [-0.2, -0.15) is 0 Å². The first-order valence-corrected chi connectivity index (χ1v) is 10.3. The Hall–Kier alpha value is -1.30. The summed E-state index contributed by atoms with van der Waals surface area (Å²) in [5.74, 6) is 1.47. The molecule has 6 rings (SSSR count). The van der Waals surface area contributed by atoms with Crippen LogP contribution in [0.2, 0.25) is 0 Å². The molecule has 3 fully saturated rings. The fraction of sp³-hybridized carbons (Fsp3) is 0.714. The number of aliphatic hydroxyl groups excluding tert-OH is 1. The molecule has 1 aromatic carbocycles. The Morgan fingerprint density at radius 2 is 2.04 bits per heavy atom. The van der Waals surface area contributed by atoms with Gasteiger partial charge in [0.15, 0.2) is 11.5 Å². The van der Waals surface area contributed by atoms with E-state index in [0.29, 0.717) is 18.6 Å². The van der Waals surface area contributed by atoms with Crippen LogP contribution in [-0.4, -0.2) is 52.3 Å². The zero-order valence-electron chi connectivity index (χ0n) is 15.1. The molecule has 1 spiro atoms. The van der Waals surface area contributed by atoms with E-state index in [1.807, 2.05) is 6.07 Å². The van der Waals surface area contributed by atoms with Gasteiger partial charge in [-0.25, -0.2) is 0 Å². The van der Waals surface area contributed by atoms with E-state index in [2.05, 4.69) is 0 Å². The van der Waals surface area contributed by atoms with Crippen molar-refractivity contribution in [3.8, 4) is 11.5 Å². The van der Waals surface area contributed by atoms with Gasteiger partial charge in [-0.05, 0) is 37.3 Å². The number of hydrogen-bond acceptors (Lipinski definition) is 4. The quantitative estimate of drug-likeness (QED) is 0.613. The molecule has 2 saturated carbocycles. The summed E-state index contributed by atoms with van der Waals surface area (Å²) in [6, 6.07) is 3.90. The van der Waals surface area contributed by atoms with Gasteiger partial charge in [0.1, 0.15) is 17.7 Å². The fourth-order valence-electron chi connectivity index (χ4n) is 7.06. The molecule has 5 nitrogen and oxygen atoms in total. The first kappa shape index (κ1) is 15.7. The summed E-state index contributed by atoms with van der Waals surface area (Å²) >= 11 is 0. The molecule has 0 amide bonds. The molecule has 1 unspecified atom stereocenters. The Morgan fingerprint density at radius 3 is 2.81 bits per heavy atom.